The summed E-state index contributed by atoms with van der Waals surface area (Å²) in [5.41, 5.74) is 8.71. The lowest BCUT2D eigenvalue weighted by Gasteiger charge is -2.29. The molecule has 0 bridgehead atoms. The minimum absolute atomic E-state index is 0.728. The fourth-order valence-electron chi connectivity index (χ4n) is 2.67. The van der Waals surface area contributed by atoms with Crippen LogP contribution in [0.15, 0.2) is 60.4 Å². The first kappa shape index (κ1) is 15.0. The van der Waals surface area contributed by atoms with Crippen molar-refractivity contribution in [3.05, 3.63) is 81.6 Å². The van der Waals surface area contributed by atoms with Crippen molar-refractivity contribution in [2.75, 3.05) is 7.05 Å². The van der Waals surface area contributed by atoms with Crippen LogP contribution in [0, 0.1) is 0 Å². The zero-order valence-corrected chi connectivity index (χ0v) is 13.9. The lowest BCUT2D eigenvalue weighted by molar-refractivity contribution is 0.369. The molecular formula is C18H16Cl2N2. The summed E-state index contributed by atoms with van der Waals surface area (Å²) in [5, 5.41) is 3.41. The fraction of sp³-hybridized carbons (Fsp3) is 0.111. The summed E-state index contributed by atoms with van der Waals surface area (Å²) >= 11 is 12.4. The summed E-state index contributed by atoms with van der Waals surface area (Å²) in [7, 11) is 1.97. The number of halogens is 2. The molecule has 0 aliphatic carbocycles. The van der Waals surface area contributed by atoms with Crippen molar-refractivity contribution >= 4 is 34.3 Å². The maximum absolute atomic E-state index is 6.41. The standard InChI is InChI=1S/C18H16Cl2N2/c1-12-18(15-5-3-4-6-17(15)20)16(11-22(2)21-12)13-7-9-14(19)10-8-13/h3-11,21H,1-2H3. The number of allylic oxidation sites excluding steroid dienone is 3. The van der Waals surface area contributed by atoms with E-state index in [0.717, 1.165) is 38.0 Å². The molecule has 1 N–H and O–H groups in total. The highest BCUT2D eigenvalue weighted by Crippen LogP contribution is 2.38. The molecule has 0 amide bonds. The van der Waals surface area contributed by atoms with Gasteiger partial charge in [-0.1, -0.05) is 53.5 Å². The van der Waals surface area contributed by atoms with Gasteiger partial charge in [-0.25, -0.2) is 0 Å². The smallest absolute Gasteiger partial charge is 0.0485 e. The van der Waals surface area contributed by atoms with Crippen LogP contribution >= 0.6 is 23.2 Å². The molecule has 3 rings (SSSR count). The third kappa shape index (κ3) is 2.85. The third-order valence-corrected chi connectivity index (χ3v) is 4.19. The Hall–Kier alpha value is -1.90. The number of nitrogens with one attached hydrogen (secondary N) is 1. The highest BCUT2D eigenvalue weighted by atomic mass is 35.5. The largest absolute Gasteiger partial charge is 0.303 e. The van der Waals surface area contributed by atoms with E-state index in [1.165, 1.54) is 0 Å². The van der Waals surface area contributed by atoms with E-state index >= 15 is 0 Å². The van der Waals surface area contributed by atoms with E-state index in [2.05, 4.69) is 18.5 Å². The Morgan fingerprint density at radius 3 is 2.32 bits per heavy atom. The summed E-state index contributed by atoms with van der Waals surface area (Å²) < 4.78 is 0. The molecule has 0 atom stereocenters. The van der Waals surface area contributed by atoms with Crippen molar-refractivity contribution in [2.45, 2.75) is 6.92 Å². The van der Waals surface area contributed by atoms with Crippen molar-refractivity contribution < 1.29 is 0 Å². The Balaban J connectivity index is 2.17. The second kappa shape index (κ2) is 6.07. The first-order chi connectivity index (χ1) is 10.6. The van der Waals surface area contributed by atoms with Gasteiger partial charge in [0, 0.05) is 45.7 Å². The quantitative estimate of drug-likeness (QED) is 0.812. The highest BCUT2D eigenvalue weighted by Gasteiger charge is 2.20. The molecule has 0 fully saturated rings. The van der Waals surface area contributed by atoms with Gasteiger partial charge in [0.1, 0.15) is 0 Å². The van der Waals surface area contributed by atoms with E-state index in [1.807, 2.05) is 60.6 Å². The highest BCUT2D eigenvalue weighted by molar-refractivity contribution is 6.33. The van der Waals surface area contributed by atoms with E-state index in [0.29, 0.717) is 0 Å². The van der Waals surface area contributed by atoms with Crippen LogP contribution in [-0.2, 0) is 0 Å². The Morgan fingerprint density at radius 2 is 1.64 bits per heavy atom. The molecule has 0 radical (unpaired) electrons. The number of hydrogen-bond acceptors (Lipinski definition) is 2. The zero-order valence-electron chi connectivity index (χ0n) is 12.4. The Bertz CT molecular complexity index is 761. The van der Waals surface area contributed by atoms with Gasteiger partial charge in [0.2, 0.25) is 0 Å². The zero-order chi connectivity index (χ0) is 15.7. The Labute approximate surface area is 140 Å². The van der Waals surface area contributed by atoms with Crippen LogP contribution in [0.2, 0.25) is 10.0 Å². The monoisotopic (exact) mass is 330 g/mol. The molecule has 112 valence electrons. The SMILES string of the molecule is CC1=C(c2ccccc2Cl)C(c2ccc(Cl)cc2)=CN(C)N1. The molecular weight excluding hydrogens is 315 g/mol. The molecule has 0 aromatic heterocycles. The summed E-state index contributed by atoms with van der Waals surface area (Å²) in [4.78, 5) is 0. The van der Waals surface area contributed by atoms with Crippen molar-refractivity contribution in [3.8, 4) is 0 Å². The van der Waals surface area contributed by atoms with Crippen LogP contribution in [0.25, 0.3) is 11.1 Å². The molecule has 2 nitrogen and oxygen atoms in total. The molecule has 4 heteroatoms. The summed E-state index contributed by atoms with van der Waals surface area (Å²) in [6, 6.07) is 15.7. The Kier molecular flexibility index (Phi) is 4.14. The molecule has 2 aromatic carbocycles. The molecule has 1 heterocycles. The van der Waals surface area contributed by atoms with Gasteiger partial charge in [-0.2, -0.15) is 0 Å². The summed E-state index contributed by atoms with van der Waals surface area (Å²) in [6.45, 7) is 2.05. The first-order valence-electron chi connectivity index (χ1n) is 6.99. The van der Waals surface area contributed by atoms with Gasteiger partial charge in [0.25, 0.3) is 0 Å². The maximum atomic E-state index is 6.41. The van der Waals surface area contributed by atoms with E-state index in [-0.39, 0.29) is 0 Å². The van der Waals surface area contributed by atoms with Crippen LogP contribution in [0.1, 0.15) is 18.1 Å². The average molecular weight is 331 g/mol. The van der Waals surface area contributed by atoms with Gasteiger partial charge >= 0.3 is 0 Å². The van der Waals surface area contributed by atoms with Gasteiger partial charge < -0.3 is 5.43 Å². The second-order valence-electron chi connectivity index (χ2n) is 5.25. The van der Waals surface area contributed by atoms with Gasteiger partial charge in [0.05, 0.1) is 0 Å². The molecule has 1 aliphatic rings. The predicted molar refractivity (Wildman–Crippen MR) is 94.4 cm³/mol. The maximum Gasteiger partial charge on any atom is 0.0485 e. The average Bonchev–Trinajstić information content (AvgIpc) is 2.48. The summed E-state index contributed by atoms with van der Waals surface area (Å²) in [6.07, 6.45) is 2.06. The molecule has 1 aliphatic heterocycles. The van der Waals surface area contributed by atoms with E-state index < -0.39 is 0 Å². The first-order valence-corrected chi connectivity index (χ1v) is 7.75. The molecule has 2 aromatic rings. The van der Waals surface area contributed by atoms with Gasteiger partial charge in [-0.15, -0.1) is 0 Å². The second-order valence-corrected chi connectivity index (χ2v) is 6.10. The molecule has 0 saturated carbocycles. The van der Waals surface area contributed by atoms with Gasteiger partial charge in [0.15, 0.2) is 0 Å². The number of rotatable bonds is 2. The molecule has 0 saturated heterocycles. The number of hydrazine groups is 1. The van der Waals surface area contributed by atoms with E-state index in [4.69, 9.17) is 23.2 Å². The number of hydrogen-bond donors (Lipinski definition) is 1. The van der Waals surface area contributed by atoms with Crippen molar-refractivity contribution in [1.29, 1.82) is 0 Å². The summed E-state index contributed by atoms with van der Waals surface area (Å²) in [5.74, 6) is 0. The van der Waals surface area contributed by atoms with Gasteiger partial charge in [-0.05, 0) is 30.7 Å². The van der Waals surface area contributed by atoms with Gasteiger partial charge in [-0.3, -0.25) is 5.01 Å². The van der Waals surface area contributed by atoms with Crippen LogP contribution < -0.4 is 5.43 Å². The van der Waals surface area contributed by atoms with Crippen LogP contribution in [0.5, 0.6) is 0 Å². The normalized spacial score (nSPS) is 14.7. The third-order valence-electron chi connectivity index (χ3n) is 3.61. The minimum Gasteiger partial charge on any atom is -0.303 e. The Morgan fingerprint density at radius 1 is 0.955 bits per heavy atom. The molecule has 0 spiro atoms. The van der Waals surface area contributed by atoms with Crippen LogP contribution in [0.4, 0.5) is 0 Å². The van der Waals surface area contributed by atoms with Crippen LogP contribution in [0.3, 0.4) is 0 Å². The van der Waals surface area contributed by atoms with E-state index in [1.54, 1.807) is 0 Å². The van der Waals surface area contributed by atoms with Crippen molar-refractivity contribution in [3.63, 3.8) is 0 Å². The van der Waals surface area contributed by atoms with Crippen molar-refractivity contribution in [1.82, 2.24) is 10.4 Å². The minimum atomic E-state index is 0.728. The molecule has 22 heavy (non-hydrogen) atoms. The van der Waals surface area contributed by atoms with Crippen molar-refractivity contribution in [2.24, 2.45) is 0 Å². The predicted octanol–water partition coefficient (Wildman–Crippen LogP) is 5.22. The fourth-order valence-corrected chi connectivity index (χ4v) is 3.03. The lowest BCUT2D eigenvalue weighted by atomic mass is 9.90. The number of benzene rings is 2. The van der Waals surface area contributed by atoms with Crippen LogP contribution in [-0.4, -0.2) is 12.1 Å². The number of nitrogens with zero attached hydrogens (tertiary/aromatic N) is 1. The topological polar surface area (TPSA) is 15.3 Å². The molecule has 0 unspecified atom stereocenters. The lowest BCUT2D eigenvalue weighted by Crippen LogP contribution is -2.32. The van der Waals surface area contributed by atoms with E-state index in [9.17, 15) is 0 Å².